The van der Waals surface area contributed by atoms with Gasteiger partial charge in [-0.3, -0.25) is 0 Å². The van der Waals surface area contributed by atoms with E-state index in [1.807, 2.05) is 0 Å². The van der Waals surface area contributed by atoms with Crippen LogP contribution in [0.4, 0.5) is 22.0 Å². The topological polar surface area (TPSA) is 31.0 Å². The number of benzene rings is 2. The van der Waals surface area contributed by atoms with Crippen molar-refractivity contribution in [1.82, 2.24) is 9.78 Å². The molecule has 0 bridgehead atoms. The summed E-state index contributed by atoms with van der Waals surface area (Å²) < 4.78 is 72.5. The van der Waals surface area contributed by atoms with Crippen molar-refractivity contribution < 1.29 is 26.4 Å². The summed E-state index contributed by atoms with van der Waals surface area (Å²) in [6.07, 6.45) is -4.66. The Bertz CT molecular complexity index is 941. The molecule has 3 aromatic rings. The molecule has 3 rings (SSSR count). The van der Waals surface area contributed by atoms with E-state index in [2.05, 4.69) is 5.10 Å². The van der Waals surface area contributed by atoms with E-state index < -0.39 is 45.4 Å². The maximum Gasteiger partial charge on any atom is 0.418 e. The molecular weight excluding hydrogens is 351 g/mol. The van der Waals surface area contributed by atoms with Crippen molar-refractivity contribution in [2.24, 2.45) is 0 Å². The Kier molecular flexibility index (Phi) is 3.96. The van der Waals surface area contributed by atoms with Crippen LogP contribution in [0.5, 0.6) is 0 Å². The van der Waals surface area contributed by atoms with Crippen LogP contribution >= 0.6 is 12.2 Å². The minimum atomic E-state index is -4.66. The second-order valence-electron chi connectivity index (χ2n) is 4.70. The first-order chi connectivity index (χ1) is 11.3. The average molecular weight is 358 g/mol. The van der Waals surface area contributed by atoms with Crippen LogP contribution in [0.3, 0.4) is 0 Å². The first-order valence-corrected chi connectivity index (χ1v) is 6.91. The van der Waals surface area contributed by atoms with Gasteiger partial charge in [0.25, 0.3) is 10.7 Å². The van der Waals surface area contributed by atoms with Gasteiger partial charge in [-0.25, -0.2) is 8.78 Å². The molecule has 0 saturated heterocycles. The minimum Gasteiger partial charge on any atom is -0.409 e. The molecule has 0 aliphatic rings. The summed E-state index contributed by atoms with van der Waals surface area (Å²) in [5, 5.41) is 3.71. The molecule has 0 unspecified atom stereocenters. The number of hydrogen-bond donors (Lipinski definition) is 0. The van der Waals surface area contributed by atoms with Crippen LogP contribution in [0, 0.1) is 16.5 Å². The molecule has 24 heavy (non-hydrogen) atoms. The molecule has 0 amide bonds. The van der Waals surface area contributed by atoms with Crippen LogP contribution in [-0.4, -0.2) is 9.78 Å². The van der Waals surface area contributed by atoms with Crippen LogP contribution in [-0.2, 0) is 6.18 Å². The van der Waals surface area contributed by atoms with Crippen LogP contribution in [0.1, 0.15) is 5.56 Å². The Balaban J connectivity index is 2.21. The number of aromatic nitrogens is 2. The molecule has 3 nitrogen and oxygen atoms in total. The highest BCUT2D eigenvalue weighted by Crippen LogP contribution is 2.34. The van der Waals surface area contributed by atoms with Gasteiger partial charge in [-0.2, -0.15) is 17.9 Å². The largest absolute Gasteiger partial charge is 0.418 e. The van der Waals surface area contributed by atoms with Crippen molar-refractivity contribution in [3.8, 4) is 17.1 Å². The zero-order valence-electron chi connectivity index (χ0n) is 11.6. The molecule has 0 N–H and O–H groups in total. The molecule has 0 aliphatic carbocycles. The van der Waals surface area contributed by atoms with Gasteiger partial charge < -0.3 is 4.42 Å². The molecule has 0 fully saturated rings. The molecule has 0 saturated carbocycles. The highest BCUT2D eigenvalue weighted by atomic mass is 32.1. The fourth-order valence-electron chi connectivity index (χ4n) is 2.13. The molecule has 0 spiro atoms. The SMILES string of the molecule is Fc1cccc(F)c1-c1nn(-c2ccccc2C(F)(F)F)c(=S)o1. The standard InChI is InChI=1S/C15H7F5N2OS/c16-9-5-3-6-10(17)12(9)13-21-22(14(24)23-13)11-7-2-1-4-8(11)15(18,19)20/h1-7H. The fourth-order valence-corrected chi connectivity index (χ4v) is 2.35. The van der Waals surface area contributed by atoms with Gasteiger partial charge in [0, 0.05) is 0 Å². The van der Waals surface area contributed by atoms with Crippen LogP contribution in [0.2, 0.25) is 0 Å². The van der Waals surface area contributed by atoms with Gasteiger partial charge in [-0.05, 0) is 36.5 Å². The number of nitrogens with zero attached hydrogens (tertiary/aromatic N) is 2. The van der Waals surface area contributed by atoms with Crippen LogP contribution in [0.25, 0.3) is 17.1 Å². The second-order valence-corrected chi connectivity index (χ2v) is 5.05. The molecule has 2 aromatic carbocycles. The van der Waals surface area contributed by atoms with Crippen molar-refractivity contribution in [2.45, 2.75) is 6.18 Å². The first-order valence-electron chi connectivity index (χ1n) is 6.50. The summed E-state index contributed by atoms with van der Waals surface area (Å²) in [5.41, 5.74) is -2.01. The van der Waals surface area contributed by atoms with E-state index in [-0.39, 0.29) is 0 Å². The van der Waals surface area contributed by atoms with Crippen LogP contribution in [0.15, 0.2) is 46.9 Å². The van der Waals surface area contributed by atoms with E-state index in [1.54, 1.807) is 0 Å². The van der Waals surface area contributed by atoms with Gasteiger partial charge in [0.05, 0.1) is 11.3 Å². The summed E-state index contributed by atoms with van der Waals surface area (Å²) in [6.45, 7) is 0. The first kappa shape index (κ1) is 16.3. The zero-order chi connectivity index (χ0) is 17.5. The summed E-state index contributed by atoms with van der Waals surface area (Å²) in [6, 6.07) is 7.60. The van der Waals surface area contributed by atoms with E-state index >= 15 is 0 Å². The second kappa shape index (κ2) is 5.82. The molecule has 0 aliphatic heterocycles. The van der Waals surface area contributed by atoms with Gasteiger partial charge >= 0.3 is 6.18 Å². The predicted octanol–water partition coefficient (Wildman–Crippen LogP) is 5.16. The van der Waals surface area contributed by atoms with Gasteiger partial charge in [0.2, 0.25) is 0 Å². The van der Waals surface area contributed by atoms with Crippen molar-refractivity contribution in [1.29, 1.82) is 0 Å². The Morgan fingerprint density at radius 3 is 2.21 bits per heavy atom. The highest BCUT2D eigenvalue weighted by molar-refractivity contribution is 7.71. The molecule has 1 heterocycles. The number of rotatable bonds is 2. The monoisotopic (exact) mass is 358 g/mol. The van der Waals surface area contributed by atoms with Crippen molar-refractivity contribution in [2.75, 3.05) is 0 Å². The van der Waals surface area contributed by atoms with E-state index in [9.17, 15) is 22.0 Å². The molecule has 0 atom stereocenters. The molecule has 9 heteroatoms. The predicted molar refractivity (Wildman–Crippen MR) is 77.0 cm³/mol. The normalized spacial score (nSPS) is 11.7. The third-order valence-corrected chi connectivity index (χ3v) is 3.42. The number of alkyl halides is 3. The minimum absolute atomic E-state index is 0.401. The van der Waals surface area contributed by atoms with Gasteiger partial charge in [-0.15, -0.1) is 5.10 Å². The molecule has 1 aromatic heterocycles. The third kappa shape index (κ3) is 2.82. The van der Waals surface area contributed by atoms with E-state index in [0.29, 0.717) is 4.68 Å². The van der Waals surface area contributed by atoms with E-state index in [0.717, 1.165) is 30.3 Å². The lowest BCUT2D eigenvalue weighted by Gasteiger charge is -2.11. The summed E-state index contributed by atoms with van der Waals surface area (Å²) in [4.78, 5) is -0.468. The molecule has 0 radical (unpaired) electrons. The zero-order valence-corrected chi connectivity index (χ0v) is 12.5. The average Bonchev–Trinajstić information content (AvgIpc) is 2.87. The number of para-hydroxylation sites is 1. The third-order valence-electron chi connectivity index (χ3n) is 3.16. The smallest absolute Gasteiger partial charge is 0.409 e. The summed E-state index contributed by atoms with van der Waals surface area (Å²) in [5.74, 6) is -2.49. The van der Waals surface area contributed by atoms with E-state index in [1.165, 1.54) is 12.1 Å². The van der Waals surface area contributed by atoms with Crippen LogP contribution < -0.4 is 0 Å². The highest BCUT2D eigenvalue weighted by Gasteiger charge is 2.34. The van der Waals surface area contributed by atoms with Gasteiger partial charge in [0.15, 0.2) is 0 Å². The quantitative estimate of drug-likeness (QED) is 0.468. The molecular formula is C15H7F5N2OS. The Morgan fingerprint density at radius 2 is 1.58 bits per heavy atom. The summed E-state index contributed by atoms with van der Waals surface area (Å²) >= 11 is 4.85. The maximum atomic E-state index is 13.8. The Labute approximate surface area is 137 Å². The van der Waals surface area contributed by atoms with Crippen molar-refractivity contribution in [3.05, 3.63) is 64.5 Å². The van der Waals surface area contributed by atoms with E-state index in [4.69, 9.17) is 16.6 Å². The Morgan fingerprint density at radius 1 is 0.958 bits per heavy atom. The van der Waals surface area contributed by atoms with Gasteiger partial charge in [0.1, 0.15) is 17.2 Å². The van der Waals surface area contributed by atoms with Crippen molar-refractivity contribution in [3.63, 3.8) is 0 Å². The molecule has 124 valence electrons. The lowest BCUT2D eigenvalue weighted by Crippen LogP contribution is -2.11. The lowest BCUT2D eigenvalue weighted by atomic mass is 10.2. The van der Waals surface area contributed by atoms with Gasteiger partial charge in [-0.1, -0.05) is 18.2 Å². The number of hydrogen-bond acceptors (Lipinski definition) is 3. The van der Waals surface area contributed by atoms with Crippen molar-refractivity contribution >= 4 is 12.2 Å². The lowest BCUT2D eigenvalue weighted by molar-refractivity contribution is -0.137. The number of halogens is 5. The fraction of sp³-hybridized carbons (Fsp3) is 0.0667. The Hall–Kier alpha value is -2.55. The summed E-state index contributed by atoms with van der Waals surface area (Å²) in [7, 11) is 0. The maximum absolute atomic E-state index is 13.8.